The van der Waals surface area contributed by atoms with E-state index in [4.69, 9.17) is 20.4 Å². The Balaban J connectivity index is -0.000000120. The van der Waals surface area contributed by atoms with Crippen LogP contribution in [0.4, 0.5) is 0 Å². The van der Waals surface area contributed by atoms with Crippen LogP contribution in [0, 0.1) is 0 Å². The van der Waals surface area contributed by atoms with Gasteiger partial charge >= 0.3 is 78.7 Å². The smallest absolute Gasteiger partial charge is 0.0149 e. The maximum absolute atomic E-state index is 10.3. The summed E-state index contributed by atoms with van der Waals surface area (Å²) in [4.78, 5) is 30.5. The van der Waals surface area contributed by atoms with E-state index in [1.165, 1.54) is 0 Å². The average molecular weight is 327 g/mol. The number of hydrogen-bond acceptors (Lipinski definition) is 4. The van der Waals surface area contributed by atoms with E-state index >= 15 is 0 Å². The Hall–Kier alpha value is 1.04. The van der Waals surface area contributed by atoms with E-state index in [0.29, 0.717) is 0 Å². The molecule has 98 valence electrons. The zero-order valence-electron chi connectivity index (χ0n) is 7.13. The van der Waals surface area contributed by atoms with Gasteiger partial charge in [0.05, 0.1) is 12.8 Å². The second kappa shape index (κ2) is 13.5. The minimum absolute atomic E-state index is 0. The van der Waals surface area contributed by atoms with Gasteiger partial charge < -0.3 is 20.4 Å². The topological polar surface area (TPSA) is 132 Å². The molecular weight excluding hydrogens is 308 g/mol. The van der Waals surface area contributed by atoms with Gasteiger partial charge in [-0.3, -0.25) is 9.59 Å². The van der Waals surface area contributed by atoms with Gasteiger partial charge in [0.15, 0.2) is 5.60 Å². The standard InChI is InChI=1S/C6H8O7.Ca.Mg.H3P.H4Si.4H/c7-3(8)1-6(13,5(11)12)2-4(9)10;;;;;;;;/h13H,1-2H2,(H,7,8)(H,9,10)(H,11,12);;;1H3;1H4;;;;. The quantitative estimate of drug-likeness (QED) is 0.296. The van der Waals surface area contributed by atoms with Crippen LogP contribution >= 0.6 is 9.90 Å². The molecule has 7 nitrogen and oxygen atoms in total. The maximum atomic E-state index is 10.3. The van der Waals surface area contributed by atoms with Gasteiger partial charge in [0, 0.05) is 0 Å². The summed E-state index contributed by atoms with van der Waals surface area (Å²) in [5.41, 5.74) is -2.74. The summed E-state index contributed by atoms with van der Waals surface area (Å²) >= 11 is 0. The van der Waals surface area contributed by atoms with Crippen LogP contribution in [0.2, 0.25) is 0 Å². The second-order valence-corrected chi connectivity index (χ2v) is 2.48. The van der Waals surface area contributed by atoms with E-state index in [1.807, 2.05) is 0 Å². The fourth-order valence-electron chi connectivity index (χ4n) is 0.714. The van der Waals surface area contributed by atoms with Crippen LogP contribution in [-0.2, 0) is 14.4 Å². The van der Waals surface area contributed by atoms with E-state index in [2.05, 4.69) is 0 Å². The first-order chi connectivity index (χ1) is 5.78. The van der Waals surface area contributed by atoms with E-state index in [-0.39, 0.29) is 81.7 Å². The van der Waals surface area contributed by atoms with Gasteiger partial charge in [-0.15, -0.1) is 0 Å². The molecule has 0 aliphatic rings. The van der Waals surface area contributed by atoms with E-state index in [9.17, 15) is 14.4 Å². The summed E-state index contributed by atoms with van der Waals surface area (Å²) in [5.74, 6) is -5.02. The number of aliphatic hydroxyl groups is 1. The van der Waals surface area contributed by atoms with Gasteiger partial charge in [-0.2, -0.15) is 9.90 Å². The number of rotatable bonds is 5. The van der Waals surface area contributed by atoms with Crippen molar-refractivity contribution in [2.45, 2.75) is 18.4 Å². The van der Waals surface area contributed by atoms with Gasteiger partial charge in [0.1, 0.15) is 0 Å². The minimum atomic E-state index is -2.74. The average Bonchev–Trinajstić information content (AvgIpc) is 1.82. The number of carboxylic acids is 3. The number of aliphatic carboxylic acids is 3. The van der Waals surface area contributed by atoms with Crippen LogP contribution in [0.25, 0.3) is 0 Å². The first-order valence-electron chi connectivity index (χ1n) is 3.17. The largest absolute Gasteiger partial charge is 0.316 e. The number of carboxylic acid groups (broad SMARTS) is 3. The van der Waals surface area contributed by atoms with Crippen molar-refractivity contribution in [3.05, 3.63) is 0 Å². The molecule has 0 aromatic carbocycles. The summed E-state index contributed by atoms with van der Waals surface area (Å²) in [5, 5.41) is 33.8. The molecule has 1 unspecified atom stereocenters. The van der Waals surface area contributed by atoms with Crippen LogP contribution in [0.1, 0.15) is 12.8 Å². The zero-order chi connectivity index (χ0) is 10.6. The zero-order valence-corrected chi connectivity index (χ0v) is 8.55. The molecule has 0 amide bonds. The SMILES string of the molecule is O=C(O)CC(O)(CC(=O)O)C(=O)O.P.[CaH2].[MgH2].[SiH4]. The first-order valence-corrected chi connectivity index (χ1v) is 3.17. The third-order valence-electron chi connectivity index (χ3n) is 1.29. The number of hydrogen-bond donors (Lipinski definition) is 4. The Morgan fingerprint density at radius 2 is 1.18 bits per heavy atom. The summed E-state index contributed by atoms with van der Waals surface area (Å²) in [7, 11) is 0. The molecular formula is C6H19CaMgO7PSi. The van der Waals surface area contributed by atoms with Gasteiger partial charge in [0.25, 0.3) is 0 Å². The van der Waals surface area contributed by atoms with Crippen molar-refractivity contribution in [3.8, 4) is 0 Å². The van der Waals surface area contributed by atoms with Gasteiger partial charge in [-0.25, -0.2) is 4.79 Å². The Bertz CT molecular complexity index is 249. The van der Waals surface area contributed by atoms with Crippen LogP contribution in [0.5, 0.6) is 0 Å². The predicted octanol–water partition coefficient (Wildman–Crippen LogP) is -4.47. The number of carbonyl (C=O) groups is 3. The Morgan fingerprint density at radius 1 is 0.941 bits per heavy atom. The van der Waals surface area contributed by atoms with Crippen LogP contribution in [0.3, 0.4) is 0 Å². The first kappa shape index (κ1) is 30.8. The molecule has 4 N–H and O–H groups in total. The van der Waals surface area contributed by atoms with Crippen molar-refractivity contribution in [1.82, 2.24) is 0 Å². The molecule has 11 heteroatoms. The van der Waals surface area contributed by atoms with Crippen LogP contribution < -0.4 is 0 Å². The van der Waals surface area contributed by atoms with Crippen molar-refractivity contribution in [1.29, 1.82) is 0 Å². The normalized spacial score (nSPS) is 8.29. The Kier molecular flexibility index (Phi) is 24.4. The van der Waals surface area contributed by atoms with Gasteiger partial charge in [-0.05, 0) is 11.0 Å². The summed E-state index contributed by atoms with van der Waals surface area (Å²) in [6, 6.07) is 0. The van der Waals surface area contributed by atoms with Crippen LogP contribution in [0.15, 0.2) is 0 Å². The molecule has 0 heterocycles. The molecule has 0 rings (SSSR count). The van der Waals surface area contributed by atoms with Crippen molar-refractivity contribution < 1.29 is 34.8 Å². The minimum Gasteiger partial charge on any atom is -0.0149 e. The summed E-state index contributed by atoms with van der Waals surface area (Å²) < 4.78 is 0. The molecule has 0 aliphatic carbocycles. The van der Waals surface area contributed by atoms with Crippen molar-refractivity contribution >= 4 is 99.6 Å². The molecule has 1 atom stereocenters. The van der Waals surface area contributed by atoms with Crippen LogP contribution in [-0.4, -0.2) is 116 Å². The Labute approximate surface area is 151 Å². The molecule has 0 saturated heterocycles. The van der Waals surface area contributed by atoms with Crippen molar-refractivity contribution in [2.24, 2.45) is 0 Å². The second-order valence-electron chi connectivity index (χ2n) is 2.48. The molecule has 0 bridgehead atoms. The molecule has 0 aromatic heterocycles. The van der Waals surface area contributed by atoms with E-state index in [1.54, 1.807) is 0 Å². The van der Waals surface area contributed by atoms with E-state index in [0.717, 1.165) is 0 Å². The van der Waals surface area contributed by atoms with Gasteiger partial charge in [0.2, 0.25) is 0 Å². The summed E-state index contributed by atoms with van der Waals surface area (Å²) in [6.45, 7) is 0. The molecule has 17 heavy (non-hydrogen) atoms. The maximum Gasteiger partial charge on any atom is 0.316 e. The van der Waals surface area contributed by atoms with E-state index < -0.39 is 36.4 Å². The molecule has 0 aromatic rings. The molecule has 0 fully saturated rings. The van der Waals surface area contributed by atoms with Gasteiger partial charge in [-0.1, -0.05) is 0 Å². The monoisotopic (exact) mass is 326 g/mol. The predicted molar refractivity (Wildman–Crippen MR) is 76.6 cm³/mol. The molecule has 0 saturated carbocycles. The third kappa shape index (κ3) is 13.3. The fourth-order valence-corrected chi connectivity index (χ4v) is 0.714. The van der Waals surface area contributed by atoms with Crippen molar-refractivity contribution in [2.75, 3.05) is 0 Å². The molecule has 0 spiro atoms. The third-order valence-corrected chi connectivity index (χ3v) is 1.29. The molecule has 0 aliphatic heterocycles. The van der Waals surface area contributed by atoms with Crippen molar-refractivity contribution in [3.63, 3.8) is 0 Å². The Morgan fingerprint density at radius 3 is 1.29 bits per heavy atom. The molecule has 0 radical (unpaired) electrons. The fraction of sp³-hybridized carbons (Fsp3) is 0.500. The summed E-state index contributed by atoms with van der Waals surface area (Å²) in [6.07, 6.45) is -2.29.